The van der Waals surface area contributed by atoms with Crippen LogP contribution in [0, 0.1) is 18.6 Å². The molecule has 0 unspecified atom stereocenters. The summed E-state index contributed by atoms with van der Waals surface area (Å²) in [5, 5.41) is 0.497. The van der Waals surface area contributed by atoms with Crippen LogP contribution in [0.4, 0.5) is 8.78 Å². The lowest BCUT2D eigenvalue weighted by molar-refractivity contribution is 0.0601. The van der Waals surface area contributed by atoms with E-state index in [1.54, 1.807) is 19.1 Å². The molecule has 0 amide bonds. The van der Waals surface area contributed by atoms with E-state index < -0.39 is 17.6 Å². The Morgan fingerprint density at radius 3 is 2.48 bits per heavy atom. The van der Waals surface area contributed by atoms with Crippen molar-refractivity contribution >= 4 is 16.9 Å². The molecule has 23 heavy (non-hydrogen) atoms. The third-order valence-electron chi connectivity index (χ3n) is 3.69. The molecule has 0 fully saturated rings. The molecule has 0 atom stereocenters. The molecule has 2 aromatic carbocycles. The number of fused-ring (bicyclic) bond motifs is 1. The van der Waals surface area contributed by atoms with E-state index in [-0.39, 0.29) is 5.56 Å². The predicted octanol–water partition coefficient (Wildman–Crippen LogP) is 4.28. The van der Waals surface area contributed by atoms with Crippen LogP contribution in [0.1, 0.15) is 15.9 Å². The molecule has 1 aromatic heterocycles. The average molecular weight is 313 g/mol. The van der Waals surface area contributed by atoms with Crippen molar-refractivity contribution in [1.29, 1.82) is 0 Å². The maximum Gasteiger partial charge on any atom is 0.337 e. The summed E-state index contributed by atoms with van der Waals surface area (Å²) in [5.41, 5.74) is 1.82. The molecule has 5 heteroatoms. The van der Waals surface area contributed by atoms with Gasteiger partial charge in [0, 0.05) is 11.6 Å². The Labute approximate surface area is 131 Å². The minimum atomic E-state index is -0.668. The molecular formula is C18H13F2NO2. The van der Waals surface area contributed by atoms with Gasteiger partial charge in [-0.25, -0.2) is 13.6 Å². The van der Waals surface area contributed by atoms with Crippen LogP contribution in [0.5, 0.6) is 0 Å². The van der Waals surface area contributed by atoms with Crippen molar-refractivity contribution in [1.82, 2.24) is 4.98 Å². The molecule has 0 radical (unpaired) electrons. The number of aromatic nitrogens is 1. The maximum atomic E-state index is 14.1. The number of nitrogens with zero attached hydrogens (tertiary/aromatic N) is 1. The van der Waals surface area contributed by atoms with Gasteiger partial charge in [-0.2, -0.15) is 0 Å². The van der Waals surface area contributed by atoms with E-state index in [4.69, 9.17) is 4.74 Å². The van der Waals surface area contributed by atoms with Gasteiger partial charge in [-0.1, -0.05) is 6.07 Å². The Bertz CT molecular complexity index is 902. The normalized spacial score (nSPS) is 10.8. The van der Waals surface area contributed by atoms with Gasteiger partial charge in [0.15, 0.2) is 0 Å². The summed E-state index contributed by atoms with van der Waals surface area (Å²) in [6.07, 6.45) is 1.49. The molecule has 0 aliphatic carbocycles. The molecule has 3 nitrogen and oxygen atoms in total. The lowest BCUT2D eigenvalue weighted by atomic mass is 9.97. The number of hydrogen-bond donors (Lipinski definition) is 0. The van der Waals surface area contributed by atoms with Crippen molar-refractivity contribution in [3.63, 3.8) is 0 Å². The number of ether oxygens (including phenoxy) is 1. The van der Waals surface area contributed by atoms with Crippen LogP contribution in [0.25, 0.3) is 22.0 Å². The number of pyridine rings is 1. The van der Waals surface area contributed by atoms with Gasteiger partial charge < -0.3 is 4.74 Å². The molecule has 0 saturated carbocycles. The third-order valence-corrected chi connectivity index (χ3v) is 3.69. The second-order valence-corrected chi connectivity index (χ2v) is 5.14. The second-order valence-electron chi connectivity index (χ2n) is 5.14. The van der Waals surface area contributed by atoms with Gasteiger partial charge in [0.1, 0.15) is 11.6 Å². The van der Waals surface area contributed by atoms with Crippen LogP contribution < -0.4 is 0 Å². The molecule has 0 aliphatic rings. The molecule has 3 aromatic rings. The smallest absolute Gasteiger partial charge is 0.337 e. The lowest BCUT2D eigenvalue weighted by Gasteiger charge is -2.11. The van der Waals surface area contributed by atoms with Crippen LogP contribution in [0.2, 0.25) is 0 Å². The minimum Gasteiger partial charge on any atom is -0.465 e. The van der Waals surface area contributed by atoms with Crippen molar-refractivity contribution in [3.8, 4) is 11.1 Å². The topological polar surface area (TPSA) is 39.2 Å². The number of halogens is 2. The van der Waals surface area contributed by atoms with Crippen LogP contribution in [-0.4, -0.2) is 18.1 Å². The van der Waals surface area contributed by atoms with Crippen LogP contribution in [0.3, 0.4) is 0 Å². The number of esters is 1. The first-order valence-corrected chi connectivity index (χ1v) is 6.95. The highest BCUT2D eigenvalue weighted by molar-refractivity contribution is 6.01. The van der Waals surface area contributed by atoms with Crippen molar-refractivity contribution in [2.24, 2.45) is 0 Å². The lowest BCUT2D eigenvalue weighted by Crippen LogP contribution is -2.02. The van der Waals surface area contributed by atoms with E-state index in [1.165, 1.54) is 37.6 Å². The number of benzene rings is 2. The van der Waals surface area contributed by atoms with Gasteiger partial charge in [-0.3, -0.25) is 4.98 Å². The fourth-order valence-electron chi connectivity index (χ4n) is 2.64. The van der Waals surface area contributed by atoms with E-state index in [0.717, 1.165) is 5.56 Å². The predicted molar refractivity (Wildman–Crippen MR) is 83.2 cm³/mol. The van der Waals surface area contributed by atoms with Crippen molar-refractivity contribution < 1.29 is 18.3 Å². The fraction of sp³-hybridized carbons (Fsp3) is 0.111. The minimum absolute atomic E-state index is 0.138. The summed E-state index contributed by atoms with van der Waals surface area (Å²) in [6.45, 7) is 1.78. The molecule has 0 bridgehead atoms. The molecule has 0 saturated heterocycles. The first-order valence-electron chi connectivity index (χ1n) is 6.95. The Hall–Kier alpha value is -2.82. The van der Waals surface area contributed by atoms with Crippen LogP contribution in [-0.2, 0) is 4.74 Å². The monoisotopic (exact) mass is 313 g/mol. The van der Waals surface area contributed by atoms with Gasteiger partial charge in [0.05, 0.1) is 23.8 Å². The maximum absolute atomic E-state index is 14.1. The zero-order valence-electron chi connectivity index (χ0n) is 12.6. The van der Waals surface area contributed by atoms with E-state index >= 15 is 0 Å². The van der Waals surface area contributed by atoms with E-state index in [2.05, 4.69) is 4.98 Å². The summed E-state index contributed by atoms with van der Waals surface area (Å²) >= 11 is 0. The van der Waals surface area contributed by atoms with E-state index in [0.29, 0.717) is 22.0 Å². The van der Waals surface area contributed by atoms with E-state index in [9.17, 15) is 13.6 Å². The highest BCUT2D eigenvalue weighted by Gasteiger charge is 2.17. The zero-order chi connectivity index (χ0) is 16.6. The first-order chi connectivity index (χ1) is 11.0. The fourth-order valence-corrected chi connectivity index (χ4v) is 2.64. The highest BCUT2D eigenvalue weighted by Crippen LogP contribution is 2.33. The summed E-state index contributed by atoms with van der Waals surface area (Å²) in [5.74, 6) is -1.85. The van der Waals surface area contributed by atoms with Crippen molar-refractivity contribution in [2.45, 2.75) is 6.92 Å². The SMILES string of the molecule is COC(=O)c1cc(C)c2nccc(-c3c(F)cccc3F)c2c1. The Balaban J connectivity index is 2.38. The third kappa shape index (κ3) is 2.54. The number of aryl methyl sites for hydroxylation is 1. The van der Waals surface area contributed by atoms with Gasteiger partial charge in [-0.05, 0) is 48.4 Å². The van der Waals surface area contributed by atoms with Crippen molar-refractivity contribution in [2.75, 3.05) is 7.11 Å². The van der Waals surface area contributed by atoms with E-state index in [1.807, 2.05) is 0 Å². The molecule has 3 rings (SSSR count). The highest BCUT2D eigenvalue weighted by atomic mass is 19.1. The van der Waals surface area contributed by atoms with Gasteiger partial charge in [0.2, 0.25) is 0 Å². The molecule has 0 N–H and O–H groups in total. The first kappa shape index (κ1) is 15.1. The Morgan fingerprint density at radius 1 is 1.13 bits per heavy atom. The van der Waals surface area contributed by atoms with Gasteiger partial charge in [-0.15, -0.1) is 0 Å². The number of carbonyl (C=O) groups is 1. The summed E-state index contributed by atoms with van der Waals surface area (Å²) in [7, 11) is 1.28. The number of hydrogen-bond acceptors (Lipinski definition) is 3. The van der Waals surface area contributed by atoms with Crippen LogP contribution in [0.15, 0.2) is 42.6 Å². The number of carbonyl (C=O) groups excluding carboxylic acids is 1. The quantitative estimate of drug-likeness (QED) is 0.663. The summed E-state index contributed by atoms with van der Waals surface area (Å²) < 4.78 is 33.0. The standard InChI is InChI=1S/C18H13F2NO2/c1-10-8-11(18(22)23-2)9-13-12(6-7-21-17(10)13)16-14(19)4-3-5-15(16)20/h3-9H,1-2H3. The van der Waals surface area contributed by atoms with Crippen LogP contribution >= 0.6 is 0 Å². The van der Waals surface area contributed by atoms with Gasteiger partial charge >= 0.3 is 5.97 Å². The molecular weight excluding hydrogens is 300 g/mol. The molecule has 0 spiro atoms. The average Bonchev–Trinajstić information content (AvgIpc) is 2.54. The molecule has 1 heterocycles. The largest absolute Gasteiger partial charge is 0.465 e. The molecule has 116 valence electrons. The van der Waals surface area contributed by atoms with Gasteiger partial charge in [0.25, 0.3) is 0 Å². The molecule has 0 aliphatic heterocycles. The Morgan fingerprint density at radius 2 is 1.83 bits per heavy atom. The summed E-state index contributed by atoms with van der Waals surface area (Å²) in [4.78, 5) is 16.1. The van der Waals surface area contributed by atoms with Crippen molar-refractivity contribution in [3.05, 3.63) is 65.4 Å². The number of rotatable bonds is 2. The zero-order valence-corrected chi connectivity index (χ0v) is 12.6. The second kappa shape index (κ2) is 5.76. The summed E-state index contributed by atoms with van der Waals surface area (Å²) in [6, 6.07) is 8.42. The Kier molecular flexibility index (Phi) is 3.78. The number of methoxy groups -OCH3 is 1.